The maximum Gasteiger partial charge on any atom is 0.266 e. The van der Waals surface area contributed by atoms with Crippen LogP contribution in [0.25, 0.3) is 16.6 Å². The van der Waals surface area contributed by atoms with Gasteiger partial charge in [-0.25, -0.2) is 4.98 Å². The summed E-state index contributed by atoms with van der Waals surface area (Å²) >= 11 is 6.14. The van der Waals surface area contributed by atoms with E-state index in [4.69, 9.17) is 16.6 Å². The highest BCUT2D eigenvalue weighted by molar-refractivity contribution is 6.30. The van der Waals surface area contributed by atoms with E-state index in [0.717, 1.165) is 30.0 Å². The Kier molecular flexibility index (Phi) is 4.97. The highest BCUT2D eigenvalue weighted by Crippen LogP contribution is 2.19. The van der Waals surface area contributed by atoms with E-state index in [1.165, 1.54) is 0 Å². The van der Waals surface area contributed by atoms with Crippen LogP contribution >= 0.6 is 11.6 Å². The Morgan fingerprint density at radius 1 is 1.21 bits per heavy atom. The summed E-state index contributed by atoms with van der Waals surface area (Å²) in [5.74, 6) is 0.745. The highest BCUT2D eigenvalue weighted by Gasteiger charge is 2.19. The molecule has 1 aromatic heterocycles. The van der Waals surface area contributed by atoms with Crippen LogP contribution in [-0.4, -0.2) is 16.1 Å². The quantitative estimate of drug-likeness (QED) is 0.774. The number of nitrogens with two attached hydrogens (primary N) is 1. The van der Waals surface area contributed by atoms with Crippen molar-refractivity contribution >= 4 is 22.5 Å². The van der Waals surface area contributed by atoms with Crippen molar-refractivity contribution in [2.75, 3.05) is 6.54 Å². The van der Waals surface area contributed by atoms with Crippen molar-refractivity contribution in [3.8, 4) is 5.69 Å². The summed E-state index contributed by atoms with van der Waals surface area (Å²) in [6.45, 7) is 5.20. The van der Waals surface area contributed by atoms with E-state index in [9.17, 15) is 4.79 Å². The number of hydrogen-bond donors (Lipinski definition) is 1. The van der Waals surface area contributed by atoms with Crippen molar-refractivity contribution in [3.63, 3.8) is 0 Å². The molecule has 24 heavy (non-hydrogen) atoms. The van der Waals surface area contributed by atoms with E-state index in [2.05, 4.69) is 19.2 Å². The Morgan fingerprint density at radius 3 is 2.75 bits per heavy atom. The molecule has 0 amide bonds. The molecule has 1 atom stereocenters. The molecule has 2 N–H and O–H groups in total. The summed E-state index contributed by atoms with van der Waals surface area (Å²) < 4.78 is 1.69. The van der Waals surface area contributed by atoms with Crippen LogP contribution in [0.2, 0.25) is 5.02 Å². The molecule has 5 heteroatoms. The van der Waals surface area contributed by atoms with Crippen molar-refractivity contribution in [3.05, 3.63) is 69.7 Å². The first-order valence-electron chi connectivity index (χ1n) is 8.22. The molecule has 4 nitrogen and oxygen atoms in total. The Bertz CT molecular complexity index is 920. The third-order valence-electron chi connectivity index (χ3n) is 4.08. The fourth-order valence-electron chi connectivity index (χ4n) is 2.84. The average Bonchev–Trinajstić information content (AvgIpc) is 2.59. The lowest BCUT2D eigenvalue weighted by Gasteiger charge is -2.17. The molecule has 1 heterocycles. The number of para-hydroxylation sites is 1. The predicted octanol–water partition coefficient (Wildman–Crippen LogP) is 3.07. The Balaban J connectivity index is 2.27. The lowest BCUT2D eigenvalue weighted by molar-refractivity contribution is -0.693. The number of hydrogen-bond acceptors (Lipinski definition) is 2. The van der Waals surface area contributed by atoms with Crippen LogP contribution in [0, 0.1) is 0 Å². The number of fused-ring (bicyclic) bond motifs is 1. The molecule has 0 bridgehead atoms. The first kappa shape index (κ1) is 16.7. The van der Waals surface area contributed by atoms with Gasteiger partial charge in [0.1, 0.15) is 6.04 Å². The zero-order valence-electron chi connectivity index (χ0n) is 13.9. The van der Waals surface area contributed by atoms with Crippen LogP contribution in [0.15, 0.2) is 53.3 Å². The zero-order valence-corrected chi connectivity index (χ0v) is 14.6. The van der Waals surface area contributed by atoms with Crippen LogP contribution in [0.5, 0.6) is 0 Å². The van der Waals surface area contributed by atoms with Gasteiger partial charge >= 0.3 is 0 Å². The zero-order chi connectivity index (χ0) is 17.1. The second-order valence-corrected chi connectivity index (χ2v) is 6.36. The van der Waals surface area contributed by atoms with E-state index >= 15 is 0 Å². The SMILES string of the molecule is CCC[NH2+][C@H](C)c1nc2ccccc2c(=O)n1-c1cccc(Cl)c1. The van der Waals surface area contributed by atoms with E-state index in [1.54, 1.807) is 16.7 Å². The summed E-state index contributed by atoms with van der Waals surface area (Å²) in [6.07, 6.45) is 1.07. The van der Waals surface area contributed by atoms with Crippen LogP contribution in [0.1, 0.15) is 32.1 Å². The lowest BCUT2D eigenvalue weighted by Crippen LogP contribution is -2.85. The molecule has 124 valence electrons. The van der Waals surface area contributed by atoms with Crippen LogP contribution in [0.4, 0.5) is 0 Å². The molecule has 0 aliphatic rings. The van der Waals surface area contributed by atoms with Gasteiger partial charge in [-0.15, -0.1) is 0 Å². The van der Waals surface area contributed by atoms with Crippen molar-refractivity contribution in [1.29, 1.82) is 0 Å². The standard InChI is InChI=1S/C19H20ClN3O/c1-3-11-21-13(2)18-22-17-10-5-4-9-16(17)19(24)23(18)15-8-6-7-14(20)12-15/h4-10,12-13,21H,3,11H2,1-2H3/p+1/t13-/m1/s1. The number of nitrogens with zero attached hydrogens (tertiary/aromatic N) is 2. The van der Waals surface area contributed by atoms with Crippen molar-refractivity contribution in [2.45, 2.75) is 26.3 Å². The molecular weight excluding hydrogens is 322 g/mol. The van der Waals surface area contributed by atoms with Gasteiger partial charge in [-0.1, -0.05) is 36.7 Å². The molecule has 0 fully saturated rings. The van der Waals surface area contributed by atoms with Gasteiger partial charge in [0.25, 0.3) is 5.56 Å². The minimum Gasteiger partial charge on any atom is -0.338 e. The summed E-state index contributed by atoms with van der Waals surface area (Å²) in [5, 5.41) is 3.42. The third kappa shape index (κ3) is 3.21. The van der Waals surface area contributed by atoms with Gasteiger partial charge in [0.2, 0.25) is 0 Å². The molecule has 0 aliphatic heterocycles. The van der Waals surface area contributed by atoms with Crippen LogP contribution in [0.3, 0.4) is 0 Å². The average molecular weight is 343 g/mol. The van der Waals surface area contributed by atoms with Gasteiger partial charge in [-0.3, -0.25) is 9.36 Å². The molecule has 0 aliphatic carbocycles. The minimum atomic E-state index is -0.0605. The summed E-state index contributed by atoms with van der Waals surface area (Å²) in [4.78, 5) is 17.9. The molecule has 0 radical (unpaired) electrons. The van der Waals surface area contributed by atoms with Crippen molar-refractivity contribution in [2.24, 2.45) is 0 Å². The van der Waals surface area contributed by atoms with Gasteiger partial charge in [0, 0.05) is 5.02 Å². The Morgan fingerprint density at radius 2 is 2.00 bits per heavy atom. The Hall–Kier alpha value is -2.17. The topological polar surface area (TPSA) is 51.5 Å². The molecule has 0 saturated carbocycles. The van der Waals surface area contributed by atoms with Crippen molar-refractivity contribution < 1.29 is 5.32 Å². The monoisotopic (exact) mass is 342 g/mol. The van der Waals surface area contributed by atoms with Gasteiger partial charge in [-0.2, -0.15) is 0 Å². The van der Waals surface area contributed by atoms with E-state index in [-0.39, 0.29) is 11.6 Å². The number of halogens is 1. The number of benzene rings is 2. The molecule has 3 aromatic rings. The van der Waals surface area contributed by atoms with Gasteiger partial charge < -0.3 is 5.32 Å². The number of aromatic nitrogens is 2. The second kappa shape index (κ2) is 7.16. The first-order chi connectivity index (χ1) is 11.6. The van der Waals surface area contributed by atoms with E-state index in [0.29, 0.717) is 10.4 Å². The maximum absolute atomic E-state index is 13.1. The van der Waals surface area contributed by atoms with Crippen molar-refractivity contribution in [1.82, 2.24) is 9.55 Å². The van der Waals surface area contributed by atoms with Gasteiger partial charge in [0.15, 0.2) is 5.82 Å². The molecule has 0 saturated heterocycles. The molecule has 0 spiro atoms. The second-order valence-electron chi connectivity index (χ2n) is 5.92. The fourth-order valence-corrected chi connectivity index (χ4v) is 3.03. The lowest BCUT2D eigenvalue weighted by atomic mass is 10.2. The Labute approximate surface area is 146 Å². The third-order valence-corrected chi connectivity index (χ3v) is 4.32. The van der Waals surface area contributed by atoms with Gasteiger partial charge in [0.05, 0.1) is 23.1 Å². The first-order valence-corrected chi connectivity index (χ1v) is 8.60. The van der Waals surface area contributed by atoms with Crippen LogP contribution < -0.4 is 10.9 Å². The molecule has 0 unspecified atom stereocenters. The molecule has 3 rings (SSSR count). The summed E-state index contributed by atoms with van der Waals surface area (Å²) in [5.41, 5.74) is 1.42. The van der Waals surface area contributed by atoms with Crippen LogP contribution in [-0.2, 0) is 0 Å². The maximum atomic E-state index is 13.1. The summed E-state index contributed by atoms with van der Waals surface area (Å²) in [6, 6.07) is 14.9. The van der Waals surface area contributed by atoms with Gasteiger partial charge in [-0.05, 0) is 43.7 Å². The molecular formula is C19H21ClN3O+. The fraction of sp³-hybridized carbons (Fsp3) is 0.263. The summed E-state index contributed by atoms with van der Waals surface area (Å²) in [7, 11) is 0. The predicted molar refractivity (Wildman–Crippen MR) is 97.8 cm³/mol. The minimum absolute atomic E-state index is 0.0605. The van der Waals surface area contributed by atoms with E-state index in [1.807, 2.05) is 36.4 Å². The largest absolute Gasteiger partial charge is 0.338 e. The highest BCUT2D eigenvalue weighted by atomic mass is 35.5. The molecule has 2 aromatic carbocycles. The number of rotatable bonds is 5. The normalized spacial score (nSPS) is 12.5. The van der Waals surface area contributed by atoms with E-state index < -0.39 is 0 Å². The smallest absolute Gasteiger partial charge is 0.266 e. The number of quaternary nitrogens is 1.